The lowest BCUT2D eigenvalue weighted by Gasteiger charge is -2.28. The Bertz CT molecular complexity index is 459. The molecule has 1 aliphatic carbocycles. The van der Waals surface area contributed by atoms with Crippen molar-refractivity contribution in [3.05, 3.63) is 12.4 Å². The number of nitrogens with one attached hydrogen (secondary N) is 1. The van der Waals surface area contributed by atoms with Crippen LogP contribution >= 0.6 is 11.8 Å². The molecule has 0 aromatic carbocycles. The Labute approximate surface area is 123 Å². The number of thioether (sulfide) groups is 1. The van der Waals surface area contributed by atoms with Crippen molar-refractivity contribution in [1.29, 1.82) is 0 Å². The fourth-order valence-electron chi connectivity index (χ4n) is 2.68. The fourth-order valence-corrected chi connectivity index (χ4v) is 3.06. The van der Waals surface area contributed by atoms with Crippen LogP contribution in [0.2, 0.25) is 0 Å². The minimum Gasteiger partial charge on any atom is -0.481 e. The SMILES string of the molecule is CSc1cc(NCC2(C(=O)O)CCCCCC2)ncn1. The molecule has 0 amide bonds. The van der Waals surface area contributed by atoms with E-state index in [-0.39, 0.29) is 0 Å². The van der Waals surface area contributed by atoms with Crippen molar-refractivity contribution in [2.75, 3.05) is 18.1 Å². The number of aromatic nitrogens is 2. The second-order valence-electron chi connectivity index (χ2n) is 5.30. The average molecular weight is 295 g/mol. The molecule has 1 saturated carbocycles. The van der Waals surface area contributed by atoms with Gasteiger partial charge in [-0.25, -0.2) is 9.97 Å². The standard InChI is InChI=1S/C14H21N3O2S/c1-20-12-8-11(16-10-17-12)15-9-14(13(18)19)6-4-2-3-5-7-14/h8,10H,2-7,9H2,1H3,(H,18,19)(H,15,16,17). The van der Waals surface area contributed by atoms with E-state index >= 15 is 0 Å². The van der Waals surface area contributed by atoms with Gasteiger partial charge >= 0.3 is 5.97 Å². The van der Waals surface area contributed by atoms with Gasteiger partial charge in [0.25, 0.3) is 0 Å². The number of hydrogen-bond acceptors (Lipinski definition) is 5. The average Bonchev–Trinajstić information content (AvgIpc) is 2.72. The van der Waals surface area contributed by atoms with Gasteiger partial charge in [0.05, 0.1) is 5.41 Å². The molecule has 0 unspecified atom stereocenters. The molecule has 0 saturated heterocycles. The minimum atomic E-state index is -0.689. The van der Waals surface area contributed by atoms with Gasteiger partial charge in [0.1, 0.15) is 17.2 Å². The van der Waals surface area contributed by atoms with E-state index in [1.165, 1.54) is 6.33 Å². The van der Waals surface area contributed by atoms with Gasteiger partial charge in [-0.2, -0.15) is 0 Å². The molecule has 1 aromatic rings. The fraction of sp³-hybridized carbons (Fsp3) is 0.643. The lowest BCUT2D eigenvalue weighted by molar-refractivity contribution is -0.149. The molecule has 5 nitrogen and oxygen atoms in total. The Morgan fingerprint density at radius 1 is 1.35 bits per heavy atom. The van der Waals surface area contributed by atoms with Crippen LogP contribution in [0.5, 0.6) is 0 Å². The predicted octanol–water partition coefficient (Wildman–Crippen LogP) is 3.04. The van der Waals surface area contributed by atoms with Crippen molar-refractivity contribution in [1.82, 2.24) is 9.97 Å². The van der Waals surface area contributed by atoms with E-state index in [0.717, 1.165) is 43.6 Å². The molecule has 0 bridgehead atoms. The molecule has 0 atom stereocenters. The highest BCUT2D eigenvalue weighted by Crippen LogP contribution is 2.35. The third kappa shape index (κ3) is 3.62. The lowest BCUT2D eigenvalue weighted by Crippen LogP contribution is -2.37. The predicted molar refractivity (Wildman–Crippen MR) is 80.1 cm³/mol. The van der Waals surface area contributed by atoms with Gasteiger partial charge in [-0.05, 0) is 19.1 Å². The van der Waals surface area contributed by atoms with Crippen molar-refractivity contribution in [3.8, 4) is 0 Å². The minimum absolute atomic E-state index is 0.438. The summed E-state index contributed by atoms with van der Waals surface area (Å²) in [5.74, 6) is 0.0141. The topological polar surface area (TPSA) is 75.1 Å². The summed E-state index contributed by atoms with van der Waals surface area (Å²) in [6.07, 6.45) is 9.22. The molecule has 1 heterocycles. The zero-order chi connectivity index (χ0) is 14.4. The number of carboxylic acids is 1. The summed E-state index contributed by atoms with van der Waals surface area (Å²) in [5.41, 5.74) is -0.652. The number of anilines is 1. The van der Waals surface area contributed by atoms with Gasteiger partial charge in [0, 0.05) is 12.6 Å². The van der Waals surface area contributed by atoms with Crippen molar-refractivity contribution in [2.45, 2.75) is 43.6 Å². The maximum atomic E-state index is 11.7. The first-order chi connectivity index (χ1) is 9.66. The number of rotatable bonds is 5. The summed E-state index contributed by atoms with van der Waals surface area (Å²) in [6, 6.07) is 1.86. The van der Waals surface area contributed by atoms with Crippen LogP contribution in [-0.4, -0.2) is 33.8 Å². The zero-order valence-electron chi connectivity index (χ0n) is 11.8. The molecule has 2 rings (SSSR count). The molecule has 20 heavy (non-hydrogen) atoms. The maximum absolute atomic E-state index is 11.7. The summed E-state index contributed by atoms with van der Waals surface area (Å²) in [6.45, 7) is 0.438. The van der Waals surface area contributed by atoms with Crippen LogP contribution in [0.1, 0.15) is 38.5 Å². The molecule has 1 aliphatic rings. The van der Waals surface area contributed by atoms with Crippen LogP contribution in [0.15, 0.2) is 17.4 Å². The van der Waals surface area contributed by atoms with Gasteiger partial charge in [-0.15, -0.1) is 11.8 Å². The molecule has 0 radical (unpaired) electrons. The number of carbonyl (C=O) groups is 1. The van der Waals surface area contributed by atoms with Gasteiger partial charge in [0.15, 0.2) is 0 Å². The van der Waals surface area contributed by atoms with E-state index in [2.05, 4.69) is 15.3 Å². The summed E-state index contributed by atoms with van der Waals surface area (Å²) < 4.78 is 0. The smallest absolute Gasteiger partial charge is 0.311 e. The van der Waals surface area contributed by atoms with Crippen LogP contribution in [-0.2, 0) is 4.79 Å². The van der Waals surface area contributed by atoms with E-state index in [1.807, 2.05) is 12.3 Å². The van der Waals surface area contributed by atoms with E-state index in [1.54, 1.807) is 11.8 Å². The molecule has 1 aromatic heterocycles. The van der Waals surface area contributed by atoms with Gasteiger partial charge in [0.2, 0.25) is 0 Å². The van der Waals surface area contributed by atoms with Crippen LogP contribution in [0.4, 0.5) is 5.82 Å². The lowest BCUT2D eigenvalue weighted by atomic mass is 9.80. The summed E-state index contributed by atoms with van der Waals surface area (Å²) in [7, 11) is 0. The molecule has 0 aliphatic heterocycles. The third-order valence-electron chi connectivity index (χ3n) is 3.97. The molecule has 2 N–H and O–H groups in total. The Kier molecular flexibility index (Phi) is 5.23. The molecular formula is C14H21N3O2S. The molecule has 6 heteroatoms. The normalized spacial score (nSPS) is 18.2. The Morgan fingerprint density at radius 3 is 2.65 bits per heavy atom. The third-order valence-corrected chi connectivity index (χ3v) is 4.61. The second kappa shape index (κ2) is 6.92. The molecule has 1 fully saturated rings. The number of hydrogen-bond donors (Lipinski definition) is 2. The van der Waals surface area contributed by atoms with Crippen LogP contribution in [0, 0.1) is 5.41 Å². The first-order valence-corrected chi connectivity index (χ1v) is 8.22. The van der Waals surface area contributed by atoms with Crippen molar-refractivity contribution in [2.24, 2.45) is 5.41 Å². The summed E-state index contributed by atoms with van der Waals surface area (Å²) in [5, 5.41) is 13.7. The number of aliphatic carboxylic acids is 1. The van der Waals surface area contributed by atoms with Crippen molar-refractivity contribution >= 4 is 23.5 Å². The van der Waals surface area contributed by atoms with Crippen molar-refractivity contribution in [3.63, 3.8) is 0 Å². The summed E-state index contributed by atoms with van der Waals surface area (Å²) >= 11 is 1.55. The highest BCUT2D eigenvalue weighted by atomic mass is 32.2. The summed E-state index contributed by atoms with van der Waals surface area (Å²) in [4.78, 5) is 20.0. The van der Waals surface area contributed by atoms with E-state index in [9.17, 15) is 9.90 Å². The van der Waals surface area contributed by atoms with Gasteiger partial charge < -0.3 is 10.4 Å². The first kappa shape index (κ1) is 15.1. The van der Waals surface area contributed by atoms with E-state index in [0.29, 0.717) is 12.4 Å². The maximum Gasteiger partial charge on any atom is 0.311 e. The zero-order valence-corrected chi connectivity index (χ0v) is 12.6. The molecule has 0 spiro atoms. The molecular weight excluding hydrogens is 274 g/mol. The monoisotopic (exact) mass is 295 g/mol. The highest BCUT2D eigenvalue weighted by Gasteiger charge is 2.38. The first-order valence-electron chi connectivity index (χ1n) is 7.00. The van der Waals surface area contributed by atoms with Gasteiger partial charge in [-0.1, -0.05) is 25.7 Å². The van der Waals surface area contributed by atoms with Crippen LogP contribution in [0.3, 0.4) is 0 Å². The largest absolute Gasteiger partial charge is 0.481 e. The molecule has 110 valence electrons. The number of nitrogens with zero attached hydrogens (tertiary/aromatic N) is 2. The van der Waals surface area contributed by atoms with Crippen LogP contribution < -0.4 is 5.32 Å². The van der Waals surface area contributed by atoms with Gasteiger partial charge in [-0.3, -0.25) is 4.79 Å². The highest BCUT2D eigenvalue weighted by molar-refractivity contribution is 7.98. The number of carboxylic acid groups (broad SMARTS) is 1. The van der Waals surface area contributed by atoms with Crippen molar-refractivity contribution < 1.29 is 9.90 Å². The quantitative estimate of drug-likeness (QED) is 0.494. The Morgan fingerprint density at radius 2 is 2.05 bits per heavy atom. The Balaban J connectivity index is 2.06. The van der Waals surface area contributed by atoms with E-state index < -0.39 is 11.4 Å². The van der Waals surface area contributed by atoms with E-state index in [4.69, 9.17) is 0 Å². The van der Waals surface area contributed by atoms with Crippen LogP contribution in [0.25, 0.3) is 0 Å². The Hall–Kier alpha value is -1.30. The second-order valence-corrected chi connectivity index (χ2v) is 6.13.